The Kier molecular flexibility index (Phi) is 1.82. The zero-order valence-corrected chi connectivity index (χ0v) is 8.63. The van der Waals surface area contributed by atoms with Gasteiger partial charge in [-0.15, -0.1) is 0 Å². The summed E-state index contributed by atoms with van der Waals surface area (Å²) in [6.45, 7) is 3.80. The molecule has 1 unspecified atom stereocenters. The average Bonchev–Trinajstić information content (AvgIpc) is 2.84. The van der Waals surface area contributed by atoms with Crippen LogP contribution < -0.4 is 5.73 Å². The number of hydrogen-bond acceptors (Lipinski definition) is 5. The van der Waals surface area contributed by atoms with Crippen LogP contribution in [0.3, 0.4) is 0 Å². The van der Waals surface area contributed by atoms with E-state index in [1.807, 2.05) is 4.57 Å². The Labute approximate surface area is 91.8 Å². The minimum absolute atomic E-state index is 0.0770. The van der Waals surface area contributed by atoms with Gasteiger partial charge in [-0.2, -0.15) is 0 Å². The number of rotatable bonds is 1. The van der Waals surface area contributed by atoms with E-state index in [2.05, 4.69) is 21.5 Å². The Hall–Kier alpha value is -2.11. The van der Waals surface area contributed by atoms with Crippen LogP contribution in [0.4, 0.5) is 5.82 Å². The summed E-state index contributed by atoms with van der Waals surface area (Å²) in [6.07, 6.45) is 4.78. The molecule has 0 amide bonds. The Morgan fingerprint density at radius 3 is 3.06 bits per heavy atom. The van der Waals surface area contributed by atoms with Crippen LogP contribution in [0.25, 0.3) is 11.2 Å². The van der Waals surface area contributed by atoms with Gasteiger partial charge in [0.2, 0.25) is 0 Å². The van der Waals surface area contributed by atoms with Gasteiger partial charge in [-0.05, 0) is 0 Å². The molecule has 82 valence electrons. The molecular formula is C10H11N5O. The highest BCUT2D eigenvalue weighted by Gasteiger charge is 2.23. The summed E-state index contributed by atoms with van der Waals surface area (Å²) in [4.78, 5) is 12.3. The number of imidazole rings is 1. The van der Waals surface area contributed by atoms with Gasteiger partial charge in [0, 0.05) is 12.8 Å². The van der Waals surface area contributed by atoms with Gasteiger partial charge in [0.05, 0.1) is 5.76 Å². The number of ether oxygens (including phenoxy) is 1. The second-order valence-corrected chi connectivity index (χ2v) is 3.73. The summed E-state index contributed by atoms with van der Waals surface area (Å²) >= 11 is 0. The molecule has 0 bridgehead atoms. The Balaban J connectivity index is 2.11. The van der Waals surface area contributed by atoms with Crippen LogP contribution in [0.15, 0.2) is 25.0 Å². The molecular weight excluding hydrogens is 206 g/mol. The zero-order valence-electron chi connectivity index (χ0n) is 8.63. The molecule has 0 radical (unpaired) electrons. The minimum atomic E-state index is -0.0770. The molecule has 6 nitrogen and oxygen atoms in total. The molecule has 0 aliphatic carbocycles. The molecule has 2 aromatic heterocycles. The maximum absolute atomic E-state index is 5.71. The molecule has 16 heavy (non-hydrogen) atoms. The number of allylic oxidation sites excluding steroid dienone is 1. The number of anilines is 1. The lowest BCUT2D eigenvalue weighted by molar-refractivity contribution is 0.102. The number of aromatic nitrogens is 4. The van der Waals surface area contributed by atoms with Crippen molar-refractivity contribution in [3.05, 3.63) is 25.0 Å². The van der Waals surface area contributed by atoms with Crippen LogP contribution in [0.2, 0.25) is 0 Å². The topological polar surface area (TPSA) is 78.9 Å². The second-order valence-electron chi connectivity index (χ2n) is 3.73. The number of fused-ring (bicyclic) bond motifs is 1. The van der Waals surface area contributed by atoms with E-state index in [1.165, 1.54) is 6.33 Å². The van der Waals surface area contributed by atoms with E-state index in [1.54, 1.807) is 6.33 Å². The van der Waals surface area contributed by atoms with Gasteiger partial charge < -0.3 is 10.5 Å². The fourth-order valence-corrected chi connectivity index (χ4v) is 1.87. The fraction of sp³-hybridized carbons (Fsp3) is 0.300. The predicted octanol–water partition coefficient (Wildman–Crippen LogP) is 1.23. The largest absolute Gasteiger partial charge is 0.475 e. The van der Waals surface area contributed by atoms with E-state index in [0.717, 1.165) is 18.6 Å². The van der Waals surface area contributed by atoms with Crippen LogP contribution in [0.5, 0.6) is 0 Å². The summed E-state index contributed by atoms with van der Waals surface area (Å²) in [5.74, 6) is 1.19. The average molecular weight is 217 g/mol. The van der Waals surface area contributed by atoms with Crippen molar-refractivity contribution < 1.29 is 4.74 Å². The molecule has 1 aliphatic heterocycles. The number of nitrogens with two attached hydrogens (primary N) is 1. The monoisotopic (exact) mass is 217 g/mol. The van der Waals surface area contributed by atoms with E-state index in [0.29, 0.717) is 17.0 Å². The highest BCUT2D eigenvalue weighted by atomic mass is 16.5. The third-order valence-corrected chi connectivity index (χ3v) is 2.67. The van der Waals surface area contributed by atoms with Crippen LogP contribution in [-0.2, 0) is 4.74 Å². The van der Waals surface area contributed by atoms with Gasteiger partial charge in [-0.3, -0.25) is 4.57 Å². The van der Waals surface area contributed by atoms with Crippen molar-refractivity contribution in [1.29, 1.82) is 0 Å². The molecule has 2 aromatic rings. The lowest BCUT2D eigenvalue weighted by atomic mass is 10.3. The van der Waals surface area contributed by atoms with Crippen LogP contribution in [0.1, 0.15) is 19.1 Å². The van der Waals surface area contributed by atoms with Crippen molar-refractivity contribution in [2.75, 3.05) is 5.73 Å². The van der Waals surface area contributed by atoms with Gasteiger partial charge in [0.1, 0.15) is 18.2 Å². The molecule has 6 heteroatoms. The standard InChI is InChI=1S/C10H11N5O/c1-6-2-3-7(16-6)15-5-14-8-9(11)12-4-13-10(8)15/h4-5,7H,1-3H2,(H2,11,12,13). The summed E-state index contributed by atoms with van der Waals surface area (Å²) in [5, 5.41) is 0. The normalized spacial score (nSPS) is 20.2. The first-order valence-corrected chi connectivity index (χ1v) is 5.03. The maximum Gasteiger partial charge on any atom is 0.178 e. The Morgan fingerprint density at radius 2 is 2.31 bits per heavy atom. The molecule has 0 aromatic carbocycles. The lowest BCUT2D eigenvalue weighted by Crippen LogP contribution is -2.06. The van der Waals surface area contributed by atoms with E-state index in [9.17, 15) is 0 Å². The molecule has 1 aliphatic rings. The summed E-state index contributed by atoms with van der Waals surface area (Å²) in [5.41, 5.74) is 7.03. The van der Waals surface area contributed by atoms with Crippen molar-refractivity contribution >= 4 is 17.0 Å². The SMILES string of the molecule is C=C1CCC(n2cnc3c(N)ncnc32)O1. The fourth-order valence-electron chi connectivity index (χ4n) is 1.87. The third kappa shape index (κ3) is 1.23. The van der Waals surface area contributed by atoms with Gasteiger partial charge in [0.15, 0.2) is 17.7 Å². The lowest BCUT2D eigenvalue weighted by Gasteiger charge is -2.12. The van der Waals surface area contributed by atoms with Crippen LogP contribution >= 0.6 is 0 Å². The maximum atomic E-state index is 5.71. The molecule has 3 heterocycles. The van der Waals surface area contributed by atoms with Crippen LogP contribution in [0, 0.1) is 0 Å². The van der Waals surface area contributed by atoms with Crippen LogP contribution in [-0.4, -0.2) is 19.5 Å². The number of nitrogens with zero attached hydrogens (tertiary/aromatic N) is 4. The first-order valence-electron chi connectivity index (χ1n) is 5.03. The van der Waals surface area contributed by atoms with E-state index in [-0.39, 0.29) is 6.23 Å². The van der Waals surface area contributed by atoms with E-state index >= 15 is 0 Å². The summed E-state index contributed by atoms with van der Waals surface area (Å²) < 4.78 is 7.45. The number of nitrogen functional groups attached to an aromatic ring is 1. The van der Waals surface area contributed by atoms with Gasteiger partial charge in [-0.1, -0.05) is 6.58 Å². The highest BCUT2D eigenvalue weighted by Crippen LogP contribution is 2.31. The number of hydrogen-bond donors (Lipinski definition) is 1. The van der Waals surface area contributed by atoms with Crippen molar-refractivity contribution in [2.24, 2.45) is 0 Å². The first kappa shape index (κ1) is 9.14. The smallest absolute Gasteiger partial charge is 0.178 e. The Morgan fingerprint density at radius 1 is 1.44 bits per heavy atom. The third-order valence-electron chi connectivity index (χ3n) is 2.67. The van der Waals surface area contributed by atoms with E-state index < -0.39 is 0 Å². The zero-order chi connectivity index (χ0) is 11.1. The summed E-state index contributed by atoms with van der Waals surface area (Å²) in [7, 11) is 0. The van der Waals surface area contributed by atoms with Crippen molar-refractivity contribution in [2.45, 2.75) is 19.1 Å². The predicted molar refractivity (Wildman–Crippen MR) is 58.2 cm³/mol. The first-order chi connectivity index (χ1) is 7.75. The highest BCUT2D eigenvalue weighted by molar-refractivity contribution is 5.81. The van der Waals surface area contributed by atoms with Crippen molar-refractivity contribution in [3.63, 3.8) is 0 Å². The quantitative estimate of drug-likeness (QED) is 0.777. The van der Waals surface area contributed by atoms with Gasteiger partial charge in [-0.25, -0.2) is 15.0 Å². The molecule has 2 N–H and O–H groups in total. The molecule has 1 atom stereocenters. The Bertz CT molecular complexity index is 561. The molecule has 3 rings (SSSR count). The second kappa shape index (κ2) is 3.19. The molecule has 0 spiro atoms. The molecule has 1 saturated heterocycles. The summed E-state index contributed by atoms with van der Waals surface area (Å²) in [6, 6.07) is 0. The van der Waals surface area contributed by atoms with Gasteiger partial charge >= 0.3 is 0 Å². The van der Waals surface area contributed by atoms with Crippen molar-refractivity contribution in [1.82, 2.24) is 19.5 Å². The van der Waals surface area contributed by atoms with Crippen molar-refractivity contribution in [3.8, 4) is 0 Å². The van der Waals surface area contributed by atoms with E-state index in [4.69, 9.17) is 10.5 Å². The molecule has 1 fully saturated rings. The molecule has 0 saturated carbocycles. The van der Waals surface area contributed by atoms with Gasteiger partial charge in [0.25, 0.3) is 0 Å². The minimum Gasteiger partial charge on any atom is -0.475 e.